The number of nitrogens with one attached hydrogen (secondary N) is 1. The molecular formula is C22H25N3O5S. The predicted molar refractivity (Wildman–Crippen MR) is 117 cm³/mol. The van der Waals surface area contributed by atoms with Crippen molar-refractivity contribution in [3.63, 3.8) is 0 Å². The Balaban J connectivity index is 1.56. The molecule has 0 unspecified atom stereocenters. The Morgan fingerprint density at radius 1 is 1.10 bits per heavy atom. The lowest BCUT2D eigenvalue weighted by atomic mass is 10.0. The van der Waals surface area contributed by atoms with Crippen LogP contribution in [0.4, 0.5) is 0 Å². The van der Waals surface area contributed by atoms with Gasteiger partial charge in [0.05, 0.1) is 12.0 Å². The van der Waals surface area contributed by atoms with Crippen LogP contribution in [-0.4, -0.2) is 67.0 Å². The Morgan fingerprint density at radius 3 is 2.39 bits per heavy atom. The van der Waals surface area contributed by atoms with E-state index in [2.05, 4.69) is 4.98 Å². The number of hydrogen-bond donors (Lipinski definition) is 2. The van der Waals surface area contributed by atoms with Crippen LogP contribution < -0.4 is 4.74 Å². The molecule has 4 rings (SSSR count). The van der Waals surface area contributed by atoms with E-state index in [9.17, 15) is 18.3 Å². The van der Waals surface area contributed by atoms with Gasteiger partial charge in [-0.3, -0.25) is 9.69 Å². The van der Waals surface area contributed by atoms with Gasteiger partial charge in [0.25, 0.3) is 0 Å². The van der Waals surface area contributed by atoms with Gasteiger partial charge in [-0.25, -0.2) is 8.42 Å². The second kappa shape index (κ2) is 8.33. The number of ether oxygens (including phenoxy) is 1. The second-order valence-electron chi connectivity index (χ2n) is 7.65. The van der Waals surface area contributed by atoms with Crippen molar-refractivity contribution in [2.75, 3.05) is 33.3 Å². The zero-order valence-electron chi connectivity index (χ0n) is 17.4. The van der Waals surface area contributed by atoms with Gasteiger partial charge in [0.15, 0.2) is 0 Å². The van der Waals surface area contributed by atoms with E-state index in [0.29, 0.717) is 24.4 Å². The average molecular weight is 444 g/mol. The number of carboxylic acid groups (broad SMARTS) is 1. The molecule has 0 bridgehead atoms. The molecule has 2 aromatic carbocycles. The van der Waals surface area contributed by atoms with Crippen LogP contribution in [-0.2, 0) is 14.8 Å². The summed E-state index contributed by atoms with van der Waals surface area (Å²) in [6.07, 6.45) is 1.71. The lowest BCUT2D eigenvalue weighted by Gasteiger charge is -2.37. The predicted octanol–water partition coefficient (Wildman–Crippen LogP) is 2.62. The highest BCUT2D eigenvalue weighted by Crippen LogP contribution is 2.32. The first-order valence-electron chi connectivity index (χ1n) is 10.00. The number of carboxylic acids is 1. The fourth-order valence-electron chi connectivity index (χ4n) is 4.02. The summed E-state index contributed by atoms with van der Waals surface area (Å²) in [4.78, 5) is 17.4. The maximum absolute atomic E-state index is 13.0. The fraction of sp³-hybridized carbons (Fsp3) is 0.318. The van der Waals surface area contributed by atoms with Crippen molar-refractivity contribution in [2.24, 2.45) is 0 Å². The fourth-order valence-corrected chi connectivity index (χ4v) is 5.44. The largest absolute Gasteiger partial charge is 0.497 e. The van der Waals surface area contributed by atoms with Crippen LogP contribution in [0.2, 0.25) is 0 Å². The van der Waals surface area contributed by atoms with Crippen molar-refractivity contribution in [1.82, 2.24) is 14.2 Å². The minimum absolute atomic E-state index is 0.228. The number of rotatable bonds is 6. The highest BCUT2D eigenvalue weighted by molar-refractivity contribution is 7.89. The number of aromatic amines is 1. The van der Waals surface area contributed by atoms with Gasteiger partial charge in [-0.2, -0.15) is 4.31 Å². The quantitative estimate of drug-likeness (QED) is 0.607. The van der Waals surface area contributed by atoms with Crippen LogP contribution in [0.15, 0.2) is 53.6 Å². The van der Waals surface area contributed by atoms with Crippen molar-refractivity contribution in [1.29, 1.82) is 0 Å². The van der Waals surface area contributed by atoms with E-state index in [1.807, 2.05) is 30.0 Å². The summed E-state index contributed by atoms with van der Waals surface area (Å²) in [6, 6.07) is 11.4. The summed E-state index contributed by atoms with van der Waals surface area (Å²) in [6.45, 7) is 3.00. The number of methoxy groups -OCH3 is 1. The molecule has 164 valence electrons. The van der Waals surface area contributed by atoms with Crippen LogP contribution in [0.5, 0.6) is 5.75 Å². The first-order valence-corrected chi connectivity index (χ1v) is 11.4. The van der Waals surface area contributed by atoms with Crippen molar-refractivity contribution in [3.8, 4) is 5.75 Å². The number of H-pyrrole nitrogens is 1. The van der Waals surface area contributed by atoms with Gasteiger partial charge >= 0.3 is 5.97 Å². The van der Waals surface area contributed by atoms with Gasteiger partial charge in [-0.05, 0) is 37.3 Å². The number of benzene rings is 2. The number of carbonyl (C=O) groups is 1. The second-order valence-corrected chi connectivity index (χ2v) is 9.59. The van der Waals surface area contributed by atoms with Crippen molar-refractivity contribution < 1.29 is 23.1 Å². The summed E-state index contributed by atoms with van der Waals surface area (Å²) < 4.78 is 32.6. The zero-order valence-corrected chi connectivity index (χ0v) is 18.2. The first-order chi connectivity index (χ1) is 14.8. The maximum atomic E-state index is 13.0. The molecular weight excluding hydrogens is 418 g/mol. The molecule has 2 N–H and O–H groups in total. The molecule has 8 nitrogen and oxygen atoms in total. The van der Waals surface area contributed by atoms with Crippen LogP contribution >= 0.6 is 0 Å². The van der Waals surface area contributed by atoms with Crippen molar-refractivity contribution >= 4 is 26.9 Å². The van der Waals surface area contributed by atoms with E-state index in [-0.39, 0.29) is 18.0 Å². The molecule has 1 atom stereocenters. The molecule has 9 heteroatoms. The molecule has 31 heavy (non-hydrogen) atoms. The van der Waals surface area contributed by atoms with Gasteiger partial charge in [0.1, 0.15) is 11.8 Å². The maximum Gasteiger partial charge on any atom is 0.325 e. The number of aromatic nitrogens is 1. The summed E-state index contributed by atoms with van der Waals surface area (Å²) >= 11 is 0. The van der Waals surface area contributed by atoms with Gasteiger partial charge < -0.3 is 14.8 Å². The third kappa shape index (κ3) is 4.04. The van der Waals surface area contributed by atoms with E-state index >= 15 is 0 Å². The summed E-state index contributed by atoms with van der Waals surface area (Å²) in [5.74, 6) is -0.329. The standard InChI is InChI=1S/C22H25N3O5S/c1-15-3-6-17(7-4-15)31(28,29)25-11-9-24(10-12-25)21(22(26)27)19-14-23-20-8-5-16(30-2)13-18(19)20/h3-8,13-14,21,23H,9-12H2,1-2H3,(H,26,27)/t21-/m0/s1. The van der Waals surface area contributed by atoms with Crippen LogP contribution in [0.1, 0.15) is 17.2 Å². The molecule has 1 aliphatic heterocycles. The summed E-state index contributed by atoms with van der Waals surface area (Å²) in [5.41, 5.74) is 2.45. The monoisotopic (exact) mass is 443 g/mol. The minimum atomic E-state index is -3.61. The van der Waals surface area contributed by atoms with Crippen molar-refractivity contribution in [2.45, 2.75) is 17.9 Å². The Bertz CT molecular complexity index is 1200. The van der Waals surface area contributed by atoms with Crippen LogP contribution in [0.25, 0.3) is 10.9 Å². The molecule has 1 fully saturated rings. The highest BCUT2D eigenvalue weighted by Gasteiger charge is 2.35. The SMILES string of the molecule is COc1ccc2[nH]cc([C@@H](C(=O)O)N3CCN(S(=O)(=O)c4ccc(C)cc4)CC3)c2c1. The number of fused-ring (bicyclic) bond motifs is 1. The first kappa shape index (κ1) is 21.4. The molecule has 2 heterocycles. The Labute approximate surface area is 181 Å². The third-order valence-corrected chi connectivity index (χ3v) is 7.66. The average Bonchev–Trinajstić information content (AvgIpc) is 3.17. The number of sulfonamides is 1. The lowest BCUT2D eigenvalue weighted by Crippen LogP contribution is -2.50. The number of aliphatic carboxylic acids is 1. The highest BCUT2D eigenvalue weighted by atomic mass is 32.2. The molecule has 1 saturated heterocycles. The van der Waals surface area contributed by atoms with Gasteiger partial charge in [0.2, 0.25) is 10.0 Å². The number of hydrogen-bond acceptors (Lipinski definition) is 5. The van der Waals surface area contributed by atoms with Crippen molar-refractivity contribution in [3.05, 3.63) is 59.8 Å². The molecule has 0 saturated carbocycles. The molecule has 1 aromatic heterocycles. The van der Waals surface area contributed by atoms with Gasteiger partial charge in [-0.1, -0.05) is 17.7 Å². The molecule has 0 amide bonds. The number of nitrogens with zero attached hydrogens (tertiary/aromatic N) is 2. The molecule has 0 spiro atoms. The zero-order chi connectivity index (χ0) is 22.2. The third-order valence-electron chi connectivity index (χ3n) is 5.75. The summed E-state index contributed by atoms with van der Waals surface area (Å²) in [5, 5.41) is 10.8. The van der Waals surface area contributed by atoms with E-state index in [4.69, 9.17) is 4.74 Å². The van der Waals surface area contributed by atoms with E-state index < -0.39 is 22.0 Å². The Morgan fingerprint density at radius 2 is 1.77 bits per heavy atom. The van der Waals surface area contributed by atoms with Crippen LogP contribution in [0, 0.1) is 6.92 Å². The van der Waals surface area contributed by atoms with Gasteiger partial charge in [-0.15, -0.1) is 0 Å². The molecule has 1 aliphatic rings. The van der Waals surface area contributed by atoms with Gasteiger partial charge in [0, 0.05) is 48.8 Å². The normalized spacial score (nSPS) is 17.0. The van der Waals surface area contributed by atoms with Crippen LogP contribution in [0.3, 0.4) is 0 Å². The Hall–Kier alpha value is -2.88. The smallest absolute Gasteiger partial charge is 0.325 e. The molecule has 3 aromatic rings. The Kier molecular flexibility index (Phi) is 5.74. The topological polar surface area (TPSA) is 103 Å². The molecule has 0 aliphatic carbocycles. The summed E-state index contributed by atoms with van der Waals surface area (Å²) in [7, 11) is -2.04. The number of aryl methyl sites for hydroxylation is 1. The number of piperazine rings is 1. The minimum Gasteiger partial charge on any atom is -0.497 e. The van der Waals surface area contributed by atoms with E-state index in [0.717, 1.165) is 16.5 Å². The lowest BCUT2D eigenvalue weighted by molar-refractivity contribution is -0.144. The molecule has 0 radical (unpaired) electrons. The van der Waals surface area contributed by atoms with E-state index in [1.165, 1.54) is 4.31 Å². The van der Waals surface area contributed by atoms with E-state index in [1.54, 1.807) is 37.6 Å².